The van der Waals surface area contributed by atoms with E-state index in [0.29, 0.717) is 6.61 Å². The van der Waals surface area contributed by atoms with Gasteiger partial charge < -0.3 is 15.0 Å². The van der Waals surface area contributed by atoms with Crippen molar-refractivity contribution in [3.63, 3.8) is 0 Å². The Bertz CT molecular complexity index is 581. The van der Waals surface area contributed by atoms with Crippen LogP contribution in [0.5, 0.6) is 0 Å². The second kappa shape index (κ2) is 8.21. The number of hydrogen-bond donors (Lipinski definition) is 1. The van der Waals surface area contributed by atoms with E-state index in [-0.39, 0.29) is 24.5 Å². The summed E-state index contributed by atoms with van der Waals surface area (Å²) in [5.74, 6) is -0.207. The second-order valence-electron chi connectivity index (χ2n) is 7.12. The minimum Gasteiger partial charge on any atom is -0.466 e. The molecule has 6 heteroatoms. The van der Waals surface area contributed by atoms with Crippen LogP contribution >= 0.6 is 11.3 Å². The van der Waals surface area contributed by atoms with Crippen LogP contribution < -0.4 is 5.32 Å². The molecule has 5 nitrogen and oxygen atoms in total. The smallest absolute Gasteiger partial charge is 0.318 e. The molecule has 1 N–H and O–H groups in total. The first-order valence-corrected chi connectivity index (χ1v) is 10.3. The summed E-state index contributed by atoms with van der Waals surface area (Å²) in [6.07, 6.45) is 7.30. The van der Waals surface area contributed by atoms with Crippen LogP contribution in [0.25, 0.3) is 0 Å². The van der Waals surface area contributed by atoms with E-state index < -0.39 is 5.54 Å². The number of hydrogen-bond acceptors (Lipinski definition) is 4. The van der Waals surface area contributed by atoms with Crippen LogP contribution in [0.2, 0.25) is 0 Å². The molecule has 2 aliphatic rings. The molecule has 138 valence electrons. The lowest BCUT2D eigenvalue weighted by atomic mass is 9.79. The van der Waals surface area contributed by atoms with E-state index in [1.54, 1.807) is 11.3 Å². The summed E-state index contributed by atoms with van der Waals surface area (Å²) in [4.78, 5) is 28.3. The van der Waals surface area contributed by atoms with Crippen molar-refractivity contribution in [1.29, 1.82) is 0 Å². The molecule has 0 radical (unpaired) electrons. The molecule has 1 saturated heterocycles. The lowest BCUT2D eigenvalue weighted by Crippen LogP contribution is -2.55. The number of amides is 2. The van der Waals surface area contributed by atoms with Crippen molar-refractivity contribution in [3.8, 4) is 0 Å². The van der Waals surface area contributed by atoms with Crippen LogP contribution in [-0.2, 0) is 9.53 Å². The number of nitrogens with one attached hydrogen (secondary N) is 1. The Kier molecular flexibility index (Phi) is 5.99. The lowest BCUT2D eigenvalue weighted by Gasteiger charge is -2.39. The summed E-state index contributed by atoms with van der Waals surface area (Å²) in [7, 11) is 0. The molecule has 1 unspecified atom stereocenters. The van der Waals surface area contributed by atoms with E-state index in [1.165, 1.54) is 11.3 Å². The summed E-state index contributed by atoms with van der Waals surface area (Å²) < 4.78 is 5.15. The highest BCUT2D eigenvalue weighted by Crippen LogP contribution is 2.36. The maximum Gasteiger partial charge on any atom is 0.318 e. The highest BCUT2D eigenvalue weighted by Gasteiger charge is 2.39. The molecule has 1 aliphatic heterocycles. The summed E-state index contributed by atoms with van der Waals surface area (Å²) in [5, 5.41) is 5.31. The molecule has 1 aliphatic carbocycles. The van der Waals surface area contributed by atoms with E-state index >= 15 is 0 Å². The van der Waals surface area contributed by atoms with Gasteiger partial charge in [0, 0.05) is 11.4 Å². The maximum absolute atomic E-state index is 13.0. The number of likely N-dealkylation sites (tertiary alicyclic amines) is 1. The second-order valence-corrected chi connectivity index (χ2v) is 8.10. The average molecular weight is 365 g/mol. The summed E-state index contributed by atoms with van der Waals surface area (Å²) in [6, 6.07) is 4.29. The molecular formula is C19H28N2O3S. The van der Waals surface area contributed by atoms with Gasteiger partial charge in [0.25, 0.3) is 0 Å². The fourth-order valence-electron chi connectivity index (χ4n) is 4.15. The van der Waals surface area contributed by atoms with E-state index in [2.05, 4.69) is 16.8 Å². The molecule has 3 rings (SSSR count). The standard InChI is InChI=1S/C19H28N2O3S/c1-2-24-17(22)14-19(10-4-3-5-11-19)20-18(23)21-12-6-8-15(21)16-9-7-13-25-16/h7,9,13,15H,2-6,8,10-12,14H2,1H3,(H,20,23). The molecule has 2 fully saturated rings. The molecule has 0 spiro atoms. The summed E-state index contributed by atoms with van der Waals surface area (Å²) >= 11 is 1.71. The van der Waals surface area contributed by atoms with Gasteiger partial charge in [-0.1, -0.05) is 25.3 Å². The number of esters is 1. The first kappa shape index (κ1) is 18.2. The van der Waals surface area contributed by atoms with Gasteiger partial charge in [-0.2, -0.15) is 0 Å². The van der Waals surface area contributed by atoms with Crippen LogP contribution in [0.15, 0.2) is 17.5 Å². The Morgan fingerprint density at radius 2 is 2.12 bits per heavy atom. The molecule has 1 aromatic heterocycles. The number of thiophene rings is 1. The first-order valence-electron chi connectivity index (χ1n) is 9.41. The maximum atomic E-state index is 13.0. The summed E-state index contributed by atoms with van der Waals surface area (Å²) in [6.45, 7) is 2.99. The zero-order valence-electron chi connectivity index (χ0n) is 15.0. The minimum atomic E-state index is -0.440. The van der Waals surface area contributed by atoms with Crippen molar-refractivity contribution in [2.24, 2.45) is 0 Å². The van der Waals surface area contributed by atoms with Crippen molar-refractivity contribution < 1.29 is 14.3 Å². The van der Waals surface area contributed by atoms with Crippen LogP contribution in [0, 0.1) is 0 Å². The SMILES string of the molecule is CCOC(=O)CC1(NC(=O)N2CCCC2c2cccs2)CCCCC1. The molecule has 0 bridgehead atoms. The van der Waals surface area contributed by atoms with Crippen molar-refractivity contribution in [3.05, 3.63) is 22.4 Å². The quantitative estimate of drug-likeness (QED) is 0.795. The Hall–Kier alpha value is -1.56. The highest BCUT2D eigenvalue weighted by atomic mass is 32.1. The molecule has 25 heavy (non-hydrogen) atoms. The number of carbonyl (C=O) groups is 2. The molecule has 0 aromatic carbocycles. The molecular weight excluding hydrogens is 336 g/mol. The first-order chi connectivity index (χ1) is 12.1. The minimum absolute atomic E-state index is 0.0258. The van der Waals surface area contributed by atoms with Gasteiger partial charge in [0.1, 0.15) is 0 Å². The van der Waals surface area contributed by atoms with Crippen molar-refractivity contribution >= 4 is 23.3 Å². The van der Waals surface area contributed by atoms with Gasteiger partial charge in [-0.05, 0) is 44.1 Å². The Labute approximate surface area is 153 Å². The van der Waals surface area contributed by atoms with Gasteiger partial charge in [0.2, 0.25) is 0 Å². The van der Waals surface area contributed by atoms with Gasteiger partial charge in [-0.25, -0.2) is 4.79 Å². The van der Waals surface area contributed by atoms with Crippen LogP contribution in [0.4, 0.5) is 4.79 Å². The monoisotopic (exact) mass is 364 g/mol. The fourth-order valence-corrected chi connectivity index (χ4v) is 5.02. The van der Waals surface area contributed by atoms with Crippen molar-refractivity contribution in [1.82, 2.24) is 10.2 Å². The van der Waals surface area contributed by atoms with Crippen LogP contribution in [-0.4, -0.2) is 35.6 Å². The van der Waals surface area contributed by atoms with Crippen molar-refractivity contribution in [2.75, 3.05) is 13.2 Å². The lowest BCUT2D eigenvalue weighted by molar-refractivity contribution is -0.145. The van der Waals surface area contributed by atoms with Crippen LogP contribution in [0.1, 0.15) is 69.2 Å². The fraction of sp³-hybridized carbons (Fsp3) is 0.684. The Balaban J connectivity index is 1.70. The number of nitrogens with zero attached hydrogens (tertiary/aromatic N) is 1. The number of ether oxygens (including phenoxy) is 1. The normalized spacial score (nSPS) is 22.6. The average Bonchev–Trinajstić information content (AvgIpc) is 3.27. The number of rotatable bonds is 5. The Morgan fingerprint density at radius 1 is 1.32 bits per heavy atom. The largest absolute Gasteiger partial charge is 0.466 e. The van der Waals surface area contributed by atoms with E-state index in [1.807, 2.05) is 17.9 Å². The van der Waals surface area contributed by atoms with E-state index in [4.69, 9.17) is 4.74 Å². The molecule has 1 atom stereocenters. The van der Waals surface area contributed by atoms with Crippen molar-refractivity contribution in [2.45, 2.75) is 69.9 Å². The molecule has 2 amide bonds. The van der Waals surface area contributed by atoms with Gasteiger partial charge in [0.15, 0.2) is 0 Å². The van der Waals surface area contributed by atoms with E-state index in [0.717, 1.165) is 45.1 Å². The van der Waals surface area contributed by atoms with Gasteiger partial charge in [-0.3, -0.25) is 4.79 Å². The zero-order valence-corrected chi connectivity index (χ0v) is 15.8. The third kappa shape index (κ3) is 4.35. The molecule has 2 heterocycles. The number of carbonyl (C=O) groups excluding carboxylic acids is 2. The highest BCUT2D eigenvalue weighted by molar-refractivity contribution is 7.10. The topological polar surface area (TPSA) is 58.6 Å². The molecule has 1 aromatic rings. The predicted octanol–water partition coefficient (Wildman–Crippen LogP) is 4.25. The van der Waals surface area contributed by atoms with Gasteiger partial charge in [-0.15, -0.1) is 11.3 Å². The Morgan fingerprint density at radius 3 is 2.80 bits per heavy atom. The predicted molar refractivity (Wildman–Crippen MR) is 98.6 cm³/mol. The zero-order chi connectivity index (χ0) is 17.7. The molecule has 1 saturated carbocycles. The van der Waals surface area contributed by atoms with Gasteiger partial charge >= 0.3 is 12.0 Å². The third-order valence-electron chi connectivity index (χ3n) is 5.36. The van der Waals surface area contributed by atoms with Crippen LogP contribution in [0.3, 0.4) is 0 Å². The third-order valence-corrected chi connectivity index (χ3v) is 6.33. The van der Waals surface area contributed by atoms with E-state index in [9.17, 15) is 9.59 Å². The van der Waals surface area contributed by atoms with Gasteiger partial charge in [0.05, 0.1) is 24.6 Å². The number of urea groups is 1. The summed E-state index contributed by atoms with van der Waals surface area (Å²) in [5.41, 5.74) is -0.440.